The van der Waals surface area contributed by atoms with Crippen LogP contribution in [0.5, 0.6) is 0 Å². The molecule has 0 saturated heterocycles. The summed E-state index contributed by atoms with van der Waals surface area (Å²) in [5.41, 5.74) is 1.28. The molecule has 0 spiro atoms. The first-order valence-electron chi connectivity index (χ1n) is 5.37. The molecule has 0 aliphatic carbocycles. The Labute approximate surface area is 90.9 Å². The highest BCUT2D eigenvalue weighted by atomic mass is 19.1. The monoisotopic (exact) mass is 210 g/mol. The normalized spacial score (nSPS) is 15.4. The number of benzene rings is 1. The van der Waals surface area contributed by atoms with Crippen molar-refractivity contribution in [1.29, 1.82) is 0 Å². The van der Waals surface area contributed by atoms with Gasteiger partial charge in [-0.25, -0.2) is 4.39 Å². The smallest absolute Gasteiger partial charge is 0.126 e. The molecule has 0 fully saturated rings. The van der Waals surface area contributed by atoms with Gasteiger partial charge in [0, 0.05) is 0 Å². The quantitative estimate of drug-likeness (QED) is 0.810. The van der Waals surface area contributed by atoms with Crippen LogP contribution in [0.25, 0.3) is 0 Å². The molecule has 2 atom stereocenters. The average molecular weight is 210 g/mol. The molecule has 1 N–H and O–H groups in total. The lowest BCUT2D eigenvalue weighted by Gasteiger charge is -2.22. The van der Waals surface area contributed by atoms with Gasteiger partial charge in [-0.05, 0) is 36.0 Å². The van der Waals surface area contributed by atoms with Crippen LogP contribution in [0.2, 0.25) is 0 Å². The molecule has 0 amide bonds. The fraction of sp³-hybridized carbons (Fsp3) is 0.538. The summed E-state index contributed by atoms with van der Waals surface area (Å²) >= 11 is 0. The molecule has 0 aromatic heterocycles. The summed E-state index contributed by atoms with van der Waals surface area (Å²) in [6.45, 7) is 7.81. The highest BCUT2D eigenvalue weighted by Gasteiger charge is 2.19. The summed E-state index contributed by atoms with van der Waals surface area (Å²) in [4.78, 5) is 0. The van der Waals surface area contributed by atoms with Crippen molar-refractivity contribution in [1.82, 2.24) is 0 Å². The Bertz CT molecular complexity index is 333. The minimum absolute atomic E-state index is 0.132. The Kier molecular flexibility index (Phi) is 3.86. The molecule has 0 aliphatic rings. The molecule has 15 heavy (non-hydrogen) atoms. The van der Waals surface area contributed by atoms with Crippen molar-refractivity contribution in [2.24, 2.45) is 11.8 Å². The third-order valence-electron chi connectivity index (χ3n) is 3.09. The average Bonchev–Trinajstić information content (AvgIpc) is 2.19. The third-order valence-corrected chi connectivity index (χ3v) is 3.09. The van der Waals surface area contributed by atoms with Crippen LogP contribution in [0.1, 0.15) is 38.0 Å². The van der Waals surface area contributed by atoms with Crippen LogP contribution < -0.4 is 0 Å². The first kappa shape index (κ1) is 12.2. The van der Waals surface area contributed by atoms with E-state index < -0.39 is 6.10 Å². The number of hydrogen-bond donors (Lipinski definition) is 1. The maximum atomic E-state index is 13.3. The lowest BCUT2D eigenvalue weighted by atomic mass is 9.88. The SMILES string of the molecule is Cc1ccc(C(O)C(C)C(C)C)cc1F. The highest BCUT2D eigenvalue weighted by molar-refractivity contribution is 5.25. The molecule has 2 unspecified atom stereocenters. The molecule has 0 radical (unpaired) electrons. The van der Waals surface area contributed by atoms with Crippen molar-refractivity contribution in [3.63, 3.8) is 0 Å². The maximum Gasteiger partial charge on any atom is 0.126 e. The van der Waals surface area contributed by atoms with Gasteiger partial charge in [-0.2, -0.15) is 0 Å². The van der Waals surface area contributed by atoms with E-state index >= 15 is 0 Å². The highest BCUT2D eigenvalue weighted by Crippen LogP contribution is 2.28. The fourth-order valence-corrected chi connectivity index (χ4v) is 1.46. The Morgan fingerprint density at radius 3 is 2.27 bits per heavy atom. The summed E-state index contributed by atoms with van der Waals surface area (Å²) in [6, 6.07) is 4.93. The van der Waals surface area contributed by atoms with E-state index in [1.54, 1.807) is 19.1 Å². The van der Waals surface area contributed by atoms with Gasteiger partial charge in [0.15, 0.2) is 0 Å². The Balaban J connectivity index is 2.91. The van der Waals surface area contributed by atoms with Crippen LogP contribution in [-0.2, 0) is 0 Å². The van der Waals surface area contributed by atoms with Gasteiger partial charge in [-0.15, -0.1) is 0 Å². The third kappa shape index (κ3) is 2.78. The molecular formula is C13H19FO. The number of aryl methyl sites for hydroxylation is 1. The molecule has 1 nitrogen and oxygen atoms in total. The summed E-state index contributed by atoms with van der Waals surface area (Å²) < 4.78 is 13.3. The van der Waals surface area contributed by atoms with Gasteiger partial charge in [-0.1, -0.05) is 32.9 Å². The molecule has 2 heteroatoms. The fourth-order valence-electron chi connectivity index (χ4n) is 1.46. The topological polar surface area (TPSA) is 20.2 Å². The summed E-state index contributed by atoms with van der Waals surface area (Å²) in [7, 11) is 0. The van der Waals surface area contributed by atoms with Crippen LogP contribution >= 0.6 is 0 Å². The molecule has 1 aromatic carbocycles. The molecule has 0 saturated carbocycles. The van der Waals surface area contributed by atoms with Crippen molar-refractivity contribution in [2.75, 3.05) is 0 Å². The summed E-state index contributed by atoms with van der Waals surface area (Å²) in [5.74, 6) is 0.263. The second kappa shape index (κ2) is 4.75. The lowest BCUT2D eigenvalue weighted by molar-refractivity contribution is 0.0918. The van der Waals surface area contributed by atoms with E-state index in [2.05, 4.69) is 13.8 Å². The Morgan fingerprint density at radius 1 is 1.20 bits per heavy atom. The predicted molar refractivity (Wildman–Crippen MR) is 60.1 cm³/mol. The molecular weight excluding hydrogens is 191 g/mol. The predicted octanol–water partition coefficient (Wildman–Crippen LogP) is 3.46. The van der Waals surface area contributed by atoms with E-state index in [0.717, 1.165) is 0 Å². The first-order valence-corrected chi connectivity index (χ1v) is 5.37. The van der Waals surface area contributed by atoms with Crippen LogP contribution in [0.15, 0.2) is 18.2 Å². The molecule has 0 bridgehead atoms. The van der Waals surface area contributed by atoms with E-state index in [1.165, 1.54) is 6.07 Å². The van der Waals surface area contributed by atoms with Gasteiger partial charge in [-0.3, -0.25) is 0 Å². The zero-order valence-electron chi connectivity index (χ0n) is 9.79. The van der Waals surface area contributed by atoms with E-state index in [1.807, 2.05) is 6.92 Å². The van der Waals surface area contributed by atoms with E-state index in [4.69, 9.17) is 0 Å². The molecule has 0 aliphatic heterocycles. The molecule has 1 rings (SSSR count). The number of halogens is 1. The van der Waals surface area contributed by atoms with Crippen LogP contribution in [-0.4, -0.2) is 5.11 Å². The van der Waals surface area contributed by atoms with E-state index in [-0.39, 0.29) is 11.7 Å². The Morgan fingerprint density at radius 2 is 1.80 bits per heavy atom. The minimum Gasteiger partial charge on any atom is -0.388 e. The van der Waals surface area contributed by atoms with Gasteiger partial charge < -0.3 is 5.11 Å². The van der Waals surface area contributed by atoms with Gasteiger partial charge >= 0.3 is 0 Å². The molecule has 0 heterocycles. The van der Waals surface area contributed by atoms with Crippen molar-refractivity contribution in [3.8, 4) is 0 Å². The van der Waals surface area contributed by atoms with E-state index in [9.17, 15) is 9.50 Å². The molecule has 84 valence electrons. The van der Waals surface area contributed by atoms with Crippen molar-refractivity contribution < 1.29 is 9.50 Å². The van der Waals surface area contributed by atoms with Crippen LogP contribution in [0, 0.1) is 24.6 Å². The van der Waals surface area contributed by atoms with Crippen molar-refractivity contribution >= 4 is 0 Å². The summed E-state index contributed by atoms with van der Waals surface area (Å²) in [5, 5.41) is 10.0. The number of hydrogen-bond acceptors (Lipinski definition) is 1. The zero-order valence-corrected chi connectivity index (χ0v) is 9.79. The molecule has 1 aromatic rings. The minimum atomic E-state index is -0.583. The van der Waals surface area contributed by atoms with Gasteiger partial charge in [0.2, 0.25) is 0 Å². The number of rotatable bonds is 3. The van der Waals surface area contributed by atoms with Crippen LogP contribution in [0.4, 0.5) is 4.39 Å². The second-order valence-corrected chi connectivity index (χ2v) is 4.56. The lowest BCUT2D eigenvalue weighted by Crippen LogP contribution is -2.15. The Hall–Kier alpha value is -0.890. The zero-order chi connectivity index (χ0) is 11.6. The van der Waals surface area contributed by atoms with Gasteiger partial charge in [0.25, 0.3) is 0 Å². The number of aliphatic hydroxyl groups excluding tert-OH is 1. The number of aliphatic hydroxyl groups is 1. The maximum absolute atomic E-state index is 13.3. The van der Waals surface area contributed by atoms with Crippen molar-refractivity contribution in [2.45, 2.75) is 33.8 Å². The van der Waals surface area contributed by atoms with Crippen molar-refractivity contribution in [3.05, 3.63) is 35.1 Å². The van der Waals surface area contributed by atoms with Gasteiger partial charge in [0.1, 0.15) is 5.82 Å². The standard InChI is InChI=1S/C13H19FO/c1-8(2)10(4)13(15)11-6-5-9(3)12(14)7-11/h5-8,10,13,15H,1-4H3. The summed E-state index contributed by atoms with van der Waals surface area (Å²) in [6.07, 6.45) is -0.583. The second-order valence-electron chi connectivity index (χ2n) is 4.56. The first-order chi connectivity index (χ1) is 6.93. The van der Waals surface area contributed by atoms with E-state index in [0.29, 0.717) is 17.0 Å². The van der Waals surface area contributed by atoms with Crippen LogP contribution in [0.3, 0.4) is 0 Å². The largest absolute Gasteiger partial charge is 0.388 e. The van der Waals surface area contributed by atoms with Gasteiger partial charge in [0.05, 0.1) is 6.10 Å².